The highest BCUT2D eigenvalue weighted by Crippen LogP contribution is 2.36. The number of aromatic nitrogens is 1. The van der Waals surface area contributed by atoms with Gasteiger partial charge in [-0.25, -0.2) is 4.98 Å². The van der Waals surface area contributed by atoms with Crippen molar-refractivity contribution >= 4 is 22.7 Å². The Bertz CT molecular complexity index is 925. The summed E-state index contributed by atoms with van der Waals surface area (Å²) >= 11 is 1.50. The number of ether oxygens (including phenoxy) is 3. The first-order chi connectivity index (χ1) is 12.8. The highest BCUT2D eigenvalue weighted by atomic mass is 32.1. The lowest BCUT2D eigenvalue weighted by Gasteiger charge is -2.19. The zero-order valence-electron chi connectivity index (χ0n) is 14.1. The van der Waals surface area contributed by atoms with Crippen LogP contribution in [0.2, 0.25) is 0 Å². The fourth-order valence-corrected chi connectivity index (χ4v) is 3.26. The summed E-state index contributed by atoms with van der Waals surface area (Å²) in [6, 6.07) is 13.7. The lowest BCUT2D eigenvalue weighted by Crippen LogP contribution is -2.15. The molecule has 132 valence electrons. The molecule has 0 unspecified atom stereocenters. The van der Waals surface area contributed by atoms with Crippen LogP contribution in [0.5, 0.6) is 17.2 Å². The molecule has 0 spiro atoms. The number of fused-ring (bicyclic) bond motifs is 1. The molecule has 0 saturated heterocycles. The Morgan fingerprint density at radius 2 is 1.92 bits per heavy atom. The van der Waals surface area contributed by atoms with Gasteiger partial charge in [-0.2, -0.15) is 5.10 Å². The van der Waals surface area contributed by atoms with Gasteiger partial charge in [0.25, 0.3) is 0 Å². The molecule has 2 heterocycles. The van der Waals surface area contributed by atoms with E-state index >= 15 is 0 Å². The van der Waals surface area contributed by atoms with E-state index in [1.54, 1.807) is 13.3 Å². The van der Waals surface area contributed by atoms with E-state index in [0.29, 0.717) is 30.5 Å². The zero-order valence-corrected chi connectivity index (χ0v) is 15.0. The molecule has 0 atom stereocenters. The van der Waals surface area contributed by atoms with Crippen LogP contribution in [0.15, 0.2) is 52.9 Å². The fourth-order valence-electron chi connectivity index (χ4n) is 2.59. The second-order valence-electron chi connectivity index (χ2n) is 5.51. The number of hydrogen-bond acceptors (Lipinski definition) is 7. The number of benzene rings is 2. The van der Waals surface area contributed by atoms with Crippen molar-refractivity contribution in [1.82, 2.24) is 4.98 Å². The van der Waals surface area contributed by atoms with E-state index in [1.165, 1.54) is 11.3 Å². The van der Waals surface area contributed by atoms with Crippen molar-refractivity contribution in [2.75, 3.05) is 25.7 Å². The van der Waals surface area contributed by atoms with Gasteiger partial charge in [-0.15, -0.1) is 11.3 Å². The molecule has 6 nitrogen and oxygen atoms in total. The Kier molecular flexibility index (Phi) is 4.70. The summed E-state index contributed by atoms with van der Waals surface area (Å²) < 4.78 is 16.6. The Balaban J connectivity index is 1.50. The van der Waals surface area contributed by atoms with Crippen LogP contribution in [0.25, 0.3) is 11.3 Å². The summed E-state index contributed by atoms with van der Waals surface area (Å²) in [5.41, 5.74) is 5.76. The van der Waals surface area contributed by atoms with Crippen LogP contribution < -0.4 is 19.6 Å². The summed E-state index contributed by atoms with van der Waals surface area (Å²) in [5, 5.41) is 6.99. The number of nitrogens with one attached hydrogen (secondary N) is 1. The quantitative estimate of drug-likeness (QED) is 0.545. The maximum atomic E-state index is 5.61. The molecule has 0 bridgehead atoms. The lowest BCUT2D eigenvalue weighted by molar-refractivity contribution is 0.171. The fraction of sp³-hybridized carbons (Fsp3) is 0.158. The number of methoxy groups -OCH3 is 1. The van der Waals surface area contributed by atoms with Gasteiger partial charge in [0.15, 0.2) is 11.5 Å². The van der Waals surface area contributed by atoms with Crippen LogP contribution >= 0.6 is 11.3 Å². The molecule has 4 rings (SSSR count). The monoisotopic (exact) mass is 367 g/mol. The Morgan fingerprint density at radius 1 is 1.15 bits per heavy atom. The summed E-state index contributed by atoms with van der Waals surface area (Å²) in [6.45, 7) is 1.08. The van der Waals surface area contributed by atoms with E-state index in [0.717, 1.165) is 22.0 Å². The highest BCUT2D eigenvalue weighted by molar-refractivity contribution is 7.14. The largest absolute Gasteiger partial charge is 0.496 e. The van der Waals surface area contributed by atoms with Crippen LogP contribution in [-0.2, 0) is 0 Å². The average Bonchev–Trinajstić information content (AvgIpc) is 3.17. The van der Waals surface area contributed by atoms with Crippen molar-refractivity contribution in [3.05, 3.63) is 53.4 Å². The van der Waals surface area contributed by atoms with Gasteiger partial charge < -0.3 is 14.2 Å². The normalized spacial score (nSPS) is 13.0. The Hall–Kier alpha value is -3.06. The SMILES string of the molecule is COc1cc2c(cc1C=NNc1nc(-c3ccccc3)cs1)OCCO2. The molecule has 1 N–H and O–H groups in total. The first-order valence-corrected chi connectivity index (χ1v) is 8.99. The lowest BCUT2D eigenvalue weighted by atomic mass is 10.2. The molecular weight excluding hydrogens is 350 g/mol. The predicted molar refractivity (Wildman–Crippen MR) is 103 cm³/mol. The van der Waals surface area contributed by atoms with Gasteiger partial charge in [-0.1, -0.05) is 30.3 Å². The van der Waals surface area contributed by atoms with Crippen molar-refractivity contribution in [2.45, 2.75) is 0 Å². The van der Waals surface area contributed by atoms with Gasteiger partial charge in [0, 0.05) is 22.6 Å². The van der Waals surface area contributed by atoms with E-state index in [1.807, 2.05) is 47.8 Å². The highest BCUT2D eigenvalue weighted by Gasteiger charge is 2.15. The van der Waals surface area contributed by atoms with Crippen LogP contribution in [0.4, 0.5) is 5.13 Å². The van der Waals surface area contributed by atoms with Crippen molar-refractivity contribution in [3.8, 4) is 28.5 Å². The van der Waals surface area contributed by atoms with Crippen LogP contribution in [-0.4, -0.2) is 31.5 Å². The number of hydrazone groups is 1. The standard InChI is InChI=1S/C19H17N3O3S/c1-23-16-10-18-17(24-7-8-25-18)9-14(16)11-20-22-19-21-15(12-26-19)13-5-3-2-4-6-13/h2-6,9-12H,7-8H2,1H3,(H,21,22). The maximum absolute atomic E-state index is 5.61. The van der Waals surface area contributed by atoms with Crippen molar-refractivity contribution in [2.24, 2.45) is 5.10 Å². The molecule has 2 aromatic carbocycles. The second-order valence-corrected chi connectivity index (χ2v) is 6.37. The molecule has 1 aliphatic rings. The first-order valence-electron chi connectivity index (χ1n) is 8.11. The third-order valence-corrected chi connectivity index (χ3v) is 4.58. The third-order valence-electron chi connectivity index (χ3n) is 3.83. The number of hydrogen-bond donors (Lipinski definition) is 1. The van der Waals surface area contributed by atoms with Gasteiger partial charge in [-0.05, 0) is 6.07 Å². The molecule has 1 aliphatic heterocycles. The van der Waals surface area contributed by atoms with Crippen LogP contribution in [0, 0.1) is 0 Å². The number of anilines is 1. The smallest absolute Gasteiger partial charge is 0.203 e. The van der Waals surface area contributed by atoms with Gasteiger partial charge in [0.1, 0.15) is 19.0 Å². The molecule has 0 fully saturated rings. The average molecular weight is 367 g/mol. The summed E-state index contributed by atoms with van der Waals surface area (Å²) in [7, 11) is 1.61. The zero-order chi connectivity index (χ0) is 17.8. The molecule has 0 saturated carbocycles. The number of rotatable bonds is 5. The van der Waals surface area contributed by atoms with Gasteiger partial charge in [-0.3, -0.25) is 5.43 Å². The van der Waals surface area contributed by atoms with Gasteiger partial charge in [0.2, 0.25) is 5.13 Å². The molecular formula is C19H17N3O3S. The number of nitrogens with zero attached hydrogens (tertiary/aromatic N) is 2. The van der Waals surface area contributed by atoms with E-state index in [9.17, 15) is 0 Å². The van der Waals surface area contributed by atoms with Crippen LogP contribution in [0.1, 0.15) is 5.56 Å². The third kappa shape index (κ3) is 3.48. The van der Waals surface area contributed by atoms with Crippen molar-refractivity contribution < 1.29 is 14.2 Å². The Morgan fingerprint density at radius 3 is 2.69 bits per heavy atom. The molecule has 0 amide bonds. The van der Waals surface area contributed by atoms with E-state index in [2.05, 4.69) is 15.5 Å². The number of thiazole rings is 1. The molecule has 1 aromatic heterocycles. The van der Waals surface area contributed by atoms with E-state index in [4.69, 9.17) is 14.2 Å². The van der Waals surface area contributed by atoms with Gasteiger partial charge in [0.05, 0.1) is 19.0 Å². The minimum absolute atomic E-state index is 0.537. The summed E-state index contributed by atoms with van der Waals surface area (Å²) in [5.74, 6) is 2.05. The van der Waals surface area contributed by atoms with Crippen molar-refractivity contribution in [3.63, 3.8) is 0 Å². The molecule has 0 radical (unpaired) electrons. The van der Waals surface area contributed by atoms with Crippen LogP contribution in [0.3, 0.4) is 0 Å². The minimum Gasteiger partial charge on any atom is -0.496 e. The topological polar surface area (TPSA) is 65.0 Å². The van der Waals surface area contributed by atoms with Crippen molar-refractivity contribution in [1.29, 1.82) is 0 Å². The Labute approximate surface area is 155 Å². The molecule has 0 aliphatic carbocycles. The maximum Gasteiger partial charge on any atom is 0.203 e. The summed E-state index contributed by atoms with van der Waals surface area (Å²) in [4.78, 5) is 4.54. The second kappa shape index (κ2) is 7.45. The van der Waals surface area contributed by atoms with Gasteiger partial charge >= 0.3 is 0 Å². The predicted octanol–water partition coefficient (Wildman–Crippen LogP) is 4.04. The minimum atomic E-state index is 0.537. The van der Waals surface area contributed by atoms with E-state index < -0.39 is 0 Å². The molecule has 3 aromatic rings. The van der Waals surface area contributed by atoms with E-state index in [-0.39, 0.29) is 0 Å². The summed E-state index contributed by atoms with van der Waals surface area (Å²) in [6.07, 6.45) is 1.68. The molecule has 7 heteroatoms. The first kappa shape index (κ1) is 16.4. The molecule has 26 heavy (non-hydrogen) atoms.